The van der Waals surface area contributed by atoms with Crippen LogP contribution in [0.15, 0.2) is 42.5 Å². The van der Waals surface area contributed by atoms with Gasteiger partial charge < -0.3 is 0 Å². The maximum Gasteiger partial charge on any atom is 0.0892 e. The molecule has 0 atom stereocenters. The molecule has 4 heterocycles. The SMILES string of the molecule is Cc1cc2c(s1)sc1c3cc(-c4ccccc4)sc3sc21. The fourth-order valence-corrected chi connectivity index (χ4v) is 8.22. The molecule has 0 aliphatic heterocycles. The van der Waals surface area contributed by atoms with Gasteiger partial charge in [-0.1, -0.05) is 30.3 Å². The molecule has 0 fully saturated rings. The minimum atomic E-state index is 1.33. The van der Waals surface area contributed by atoms with Gasteiger partial charge in [-0.15, -0.1) is 45.3 Å². The Morgan fingerprint density at radius 3 is 2.14 bits per heavy atom. The Morgan fingerprint density at radius 2 is 1.38 bits per heavy atom. The van der Waals surface area contributed by atoms with Gasteiger partial charge >= 0.3 is 0 Å². The van der Waals surface area contributed by atoms with Crippen LogP contribution in [0.2, 0.25) is 0 Å². The third-order valence-corrected chi connectivity index (χ3v) is 8.68. The molecule has 0 bridgehead atoms. The smallest absolute Gasteiger partial charge is 0.0892 e. The van der Waals surface area contributed by atoms with Gasteiger partial charge in [0.15, 0.2) is 0 Å². The average Bonchev–Trinajstić information content (AvgIpc) is 3.18. The van der Waals surface area contributed by atoms with Gasteiger partial charge in [0.2, 0.25) is 0 Å². The van der Waals surface area contributed by atoms with Gasteiger partial charge in [0.05, 0.1) is 17.4 Å². The molecule has 21 heavy (non-hydrogen) atoms. The summed E-state index contributed by atoms with van der Waals surface area (Å²) in [6, 6.07) is 15.4. The zero-order valence-corrected chi connectivity index (χ0v) is 14.4. The summed E-state index contributed by atoms with van der Waals surface area (Å²) in [6.07, 6.45) is 0. The minimum absolute atomic E-state index is 1.33. The molecule has 0 spiro atoms. The molecule has 0 amide bonds. The van der Waals surface area contributed by atoms with E-state index in [1.807, 2.05) is 45.3 Å². The van der Waals surface area contributed by atoms with Crippen LogP contribution in [0.1, 0.15) is 4.88 Å². The van der Waals surface area contributed by atoms with Crippen LogP contribution in [0.4, 0.5) is 0 Å². The van der Waals surface area contributed by atoms with Crippen LogP contribution in [-0.2, 0) is 0 Å². The van der Waals surface area contributed by atoms with Crippen LogP contribution in [0.5, 0.6) is 0 Å². The highest BCUT2D eigenvalue weighted by Crippen LogP contribution is 2.50. The Bertz CT molecular complexity index is 1090. The molecular weight excluding hydrogens is 332 g/mol. The van der Waals surface area contributed by atoms with Crippen molar-refractivity contribution in [1.29, 1.82) is 0 Å². The molecule has 0 saturated heterocycles. The van der Waals surface area contributed by atoms with Crippen LogP contribution in [0.25, 0.3) is 38.6 Å². The summed E-state index contributed by atoms with van der Waals surface area (Å²) in [4.78, 5) is 2.80. The van der Waals surface area contributed by atoms with Crippen molar-refractivity contribution in [3.8, 4) is 10.4 Å². The summed E-state index contributed by atoms with van der Waals surface area (Å²) in [5.74, 6) is 0. The Labute approximate surface area is 137 Å². The predicted molar refractivity (Wildman–Crippen MR) is 101 cm³/mol. The van der Waals surface area contributed by atoms with Gasteiger partial charge in [0, 0.05) is 20.5 Å². The largest absolute Gasteiger partial charge is 0.130 e. The van der Waals surface area contributed by atoms with Gasteiger partial charge in [0.25, 0.3) is 0 Å². The monoisotopic (exact) mass is 342 g/mol. The second kappa shape index (κ2) is 4.40. The van der Waals surface area contributed by atoms with Crippen molar-refractivity contribution in [1.82, 2.24) is 0 Å². The molecule has 4 heteroatoms. The van der Waals surface area contributed by atoms with E-state index in [1.54, 1.807) is 0 Å². The molecular formula is C17H10S4. The molecule has 5 rings (SSSR count). The molecule has 0 aliphatic rings. The molecule has 1 aromatic carbocycles. The zero-order valence-electron chi connectivity index (χ0n) is 11.2. The maximum atomic E-state index is 2.38. The quantitative estimate of drug-likeness (QED) is 0.298. The number of benzene rings is 1. The third-order valence-electron chi connectivity index (χ3n) is 3.66. The lowest BCUT2D eigenvalue weighted by atomic mass is 10.2. The lowest BCUT2D eigenvalue weighted by Gasteiger charge is -1.94. The highest BCUT2D eigenvalue weighted by Gasteiger charge is 2.16. The standard InChI is InChI=1S/C17H10S4/c1-9-7-11-14-15(20-16(11)18-9)12-8-13(19-17(12)21-14)10-5-3-2-4-6-10/h2-8H,1H3. The lowest BCUT2D eigenvalue weighted by Crippen LogP contribution is -1.67. The second-order valence-corrected chi connectivity index (χ2v) is 9.96. The summed E-state index contributed by atoms with van der Waals surface area (Å²) in [7, 11) is 0. The van der Waals surface area contributed by atoms with E-state index in [9.17, 15) is 0 Å². The van der Waals surface area contributed by atoms with Crippen molar-refractivity contribution in [2.45, 2.75) is 6.92 Å². The van der Waals surface area contributed by atoms with Crippen LogP contribution >= 0.6 is 45.3 Å². The van der Waals surface area contributed by atoms with E-state index in [0.717, 1.165) is 0 Å². The Kier molecular flexibility index (Phi) is 2.59. The first kappa shape index (κ1) is 12.4. The fraction of sp³-hybridized carbons (Fsp3) is 0.0588. The first-order chi connectivity index (χ1) is 10.3. The highest BCUT2D eigenvalue weighted by molar-refractivity contribution is 7.49. The summed E-state index contributed by atoms with van der Waals surface area (Å²) in [5, 5.41) is 2.91. The van der Waals surface area contributed by atoms with E-state index in [0.29, 0.717) is 0 Å². The number of aryl methyl sites for hydroxylation is 1. The number of fused-ring (bicyclic) bond motifs is 5. The topological polar surface area (TPSA) is 0 Å². The average molecular weight is 343 g/mol. The van der Waals surface area contributed by atoms with Crippen molar-refractivity contribution in [2.24, 2.45) is 0 Å². The van der Waals surface area contributed by atoms with E-state index in [4.69, 9.17) is 0 Å². The van der Waals surface area contributed by atoms with Crippen molar-refractivity contribution in [3.63, 3.8) is 0 Å². The number of rotatable bonds is 1. The minimum Gasteiger partial charge on any atom is -0.130 e. The highest BCUT2D eigenvalue weighted by atomic mass is 32.2. The summed E-state index contributed by atoms with van der Waals surface area (Å²) in [6.45, 7) is 2.20. The van der Waals surface area contributed by atoms with E-state index in [1.165, 1.54) is 43.5 Å². The van der Waals surface area contributed by atoms with Gasteiger partial charge in [-0.05, 0) is 24.6 Å². The lowest BCUT2D eigenvalue weighted by molar-refractivity contribution is 1.66. The molecule has 4 aromatic heterocycles. The number of thiophene rings is 4. The molecule has 0 unspecified atom stereocenters. The molecule has 0 saturated carbocycles. The van der Waals surface area contributed by atoms with Gasteiger partial charge in [-0.2, -0.15) is 0 Å². The first-order valence-corrected chi connectivity index (χ1v) is 9.96. The van der Waals surface area contributed by atoms with Crippen LogP contribution in [-0.4, -0.2) is 0 Å². The third kappa shape index (κ3) is 1.77. The van der Waals surface area contributed by atoms with Crippen molar-refractivity contribution in [2.75, 3.05) is 0 Å². The molecule has 0 radical (unpaired) electrons. The summed E-state index contributed by atoms with van der Waals surface area (Å²) >= 11 is 7.77. The normalized spacial score (nSPS) is 12.0. The molecule has 102 valence electrons. The Morgan fingerprint density at radius 1 is 0.714 bits per heavy atom. The Balaban J connectivity index is 1.81. The van der Waals surface area contributed by atoms with Crippen molar-refractivity contribution < 1.29 is 0 Å². The second-order valence-electron chi connectivity index (χ2n) is 5.10. The fourth-order valence-electron chi connectivity index (χ4n) is 2.71. The molecule has 0 N–H and O–H groups in total. The number of hydrogen-bond acceptors (Lipinski definition) is 4. The van der Waals surface area contributed by atoms with Crippen LogP contribution in [0.3, 0.4) is 0 Å². The van der Waals surface area contributed by atoms with E-state index < -0.39 is 0 Å². The Hall–Kier alpha value is -1.20. The van der Waals surface area contributed by atoms with E-state index in [2.05, 4.69) is 49.4 Å². The summed E-state index contributed by atoms with van der Waals surface area (Å²) < 4.78 is 5.90. The molecule has 0 nitrogen and oxygen atoms in total. The predicted octanol–water partition coefficient (Wildman–Crippen LogP) is 7.37. The first-order valence-electron chi connectivity index (χ1n) is 6.70. The molecule has 0 aliphatic carbocycles. The van der Waals surface area contributed by atoms with E-state index >= 15 is 0 Å². The van der Waals surface area contributed by atoms with Gasteiger partial charge in [-0.3, -0.25) is 0 Å². The zero-order chi connectivity index (χ0) is 14.0. The number of hydrogen-bond donors (Lipinski definition) is 0. The van der Waals surface area contributed by atoms with Crippen molar-refractivity contribution >= 4 is 73.5 Å². The molecule has 5 aromatic rings. The van der Waals surface area contributed by atoms with Gasteiger partial charge in [-0.25, -0.2) is 0 Å². The van der Waals surface area contributed by atoms with Crippen LogP contribution in [0, 0.1) is 6.92 Å². The van der Waals surface area contributed by atoms with Gasteiger partial charge in [0.1, 0.15) is 0 Å². The van der Waals surface area contributed by atoms with E-state index in [-0.39, 0.29) is 0 Å². The van der Waals surface area contributed by atoms with Crippen molar-refractivity contribution in [3.05, 3.63) is 47.3 Å². The summed E-state index contributed by atoms with van der Waals surface area (Å²) in [5.41, 5.74) is 1.33. The van der Waals surface area contributed by atoms with Crippen LogP contribution < -0.4 is 0 Å². The maximum absolute atomic E-state index is 2.38.